The first-order valence-electron chi connectivity index (χ1n) is 30.5. The van der Waals surface area contributed by atoms with E-state index in [4.69, 9.17) is 20.9 Å². The quantitative estimate of drug-likeness (QED) is 0.0285. The number of rotatable bonds is 25. The average Bonchev–Trinajstić information content (AvgIpc) is 1.72. The van der Waals surface area contributed by atoms with Gasteiger partial charge in [-0.25, -0.2) is 4.68 Å². The topological polar surface area (TPSA) is 452 Å². The van der Waals surface area contributed by atoms with Crippen LogP contribution in [-0.2, 0) is 96.4 Å². The molecule has 10 amide bonds. The summed E-state index contributed by atoms with van der Waals surface area (Å²) in [6.45, 7) is 6.13. The van der Waals surface area contributed by atoms with Gasteiger partial charge in [-0.15, -0.1) is 5.10 Å². The number of aliphatic hydroxyl groups excluding tert-OH is 2. The minimum absolute atomic E-state index is 0.0443. The summed E-state index contributed by atoms with van der Waals surface area (Å²) >= 11 is 0. The predicted molar refractivity (Wildman–Crippen MR) is 330 cm³/mol. The molecule has 7 rings (SSSR count). The van der Waals surface area contributed by atoms with Crippen LogP contribution in [0.25, 0.3) is 0 Å². The first-order chi connectivity index (χ1) is 44.2. The number of carboxylic acid groups (broad SMARTS) is 1. The number of hydrogen-bond acceptors (Lipinski definition) is 19. The number of likely N-dealkylation sites (tertiary alicyclic amines) is 1. The molecule has 31 nitrogen and oxygen atoms in total. The maximum absolute atomic E-state index is 15.1. The summed E-state index contributed by atoms with van der Waals surface area (Å²) in [6.07, 6.45) is -3.13. The second-order valence-electron chi connectivity index (χ2n) is 23.7. The molecule has 4 aromatic rings. The SMILES string of the molecule is COc1ccc(C[C@H](NC(=O)[C@@H](NC(=O)[C@@H]2[C@@H]3CCN2C(=O)CNC(=O)C(NC(O)[C@@H](C)NC(=O)[C@H](C)NC(=O)[C@H](CC(=O)O)NC(C)=O)Cc2cccc(c2)Cn2cc(nn2)CO3)[C@H](C)O)C(=O)N2CCC[C@@]2(C)C(=O)N[C@@H](Cc2ccc(CN)cc2)C(N)=O)cc1. The number of hydrogen-bond donors (Lipinski definition) is 13. The number of carbonyl (C=O) groups excluding carboxylic acids is 10. The Kier molecular flexibility index (Phi) is 24.6. The van der Waals surface area contributed by atoms with Crippen LogP contribution in [-0.4, -0.2) is 204 Å². The molecule has 2 unspecified atom stereocenters. The number of nitrogens with one attached hydrogen (secondary N) is 8. The fraction of sp³-hybridized carbons (Fsp3) is 0.500. The minimum Gasteiger partial charge on any atom is -0.497 e. The number of aliphatic hydroxyl groups is 2. The number of methoxy groups -OCH3 is 1. The lowest BCUT2D eigenvalue weighted by Crippen LogP contribution is -2.64. The van der Waals surface area contributed by atoms with E-state index in [2.05, 4.69) is 52.8 Å². The second-order valence-corrected chi connectivity index (χ2v) is 23.7. The molecule has 93 heavy (non-hydrogen) atoms. The van der Waals surface area contributed by atoms with E-state index in [1.807, 2.05) is 6.07 Å². The molecule has 502 valence electrons. The normalized spacial score (nSPS) is 20.9. The number of fused-ring (bicyclic) bond motifs is 6. The van der Waals surface area contributed by atoms with Crippen molar-refractivity contribution in [3.05, 3.63) is 113 Å². The van der Waals surface area contributed by atoms with Crippen LogP contribution in [0, 0.1) is 0 Å². The third-order valence-electron chi connectivity index (χ3n) is 16.5. The molecular formula is C62H83N15O16. The van der Waals surface area contributed by atoms with Gasteiger partial charge >= 0.3 is 5.97 Å². The average molecular weight is 1290 g/mol. The maximum atomic E-state index is 15.1. The number of nitrogens with zero attached hydrogens (tertiary/aromatic N) is 5. The first-order valence-corrected chi connectivity index (χ1v) is 30.5. The molecule has 2 saturated heterocycles. The summed E-state index contributed by atoms with van der Waals surface area (Å²) in [5.41, 5.74) is 13.8. The van der Waals surface area contributed by atoms with Crippen LogP contribution in [0.15, 0.2) is 79.0 Å². The van der Waals surface area contributed by atoms with E-state index in [1.54, 1.807) is 79.9 Å². The van der Waals surface area contributed by atoms with E-state index >= 15 is 4.79 Å². The molecule has 2 fully saturated rings. The van der Waals surface area contributed by atoms with E-state index in [9.17, 15) is 63.3 Å². The Morgan fingerprint density at radius 2 is 1.48 bits per heavy atom. The summed E-state index contributed by atoms with van der Waals surface area (Å²) in [7, 11) is 1.48. The Morgan fingerprint density at radius 3 is 2.13 bits per heavy atom. The molecule has 1 aromatic heterocycles. The lowest BCUT2D eigenvalue weighted by molar-refractivity contribution is -0.148. The molecular weight excluding hydrogens is 1210 g/mol. The van der Waals surface area contributed by atoms with Crippen molar-refractivity contribution in [2.45, 2.75) is 172 Å². The van der Waals surface area contributed by atoms with Crippen LogP contribution in [0.3, 0.4) is 0 Å². The molecule has 3 aliphatic heterocycles. The van der Waals surface area contributed by atoms with Crippen molar-refractivity contribution in [3.8, 4) is 5.75 Å². The van der Waals surface area contributed by atoms with Crippen molar-refractivity contribution in [1.82, 2.24) is 67.3 Å². The third-order valence-corrected chi connectivity index (χ3v) is 16.5. The largest absolute Gasteiger partial charge is 0.497 e. The van der Waals surface area contributed by atoms with Gasteiger partial charge in [0.15, 0.2) is 0 Å². The van der Waals surface area contributed by atoms with E-state index in [-0.39, 0.29) is 58.3 Å². The number of primary amides is 1. The molecule has 4 heterocycles. The van der Waals surface area contributed by atoms with Gasteiger partial charge in [-0.2, -0.15) is 0 Å². The summed E-state index contributed by atoms with van der Waals surface area (Å²) in [4.78, 5) is 152. The Balaban J connectivity index is 1.09. The van der Waals surface area contributed by atoms with E-state index in [1.165, 1.54) is 37.5 Å². The summed E-state index contributed by atoms with van der Waals surface area (Å²) in [6, 6.07) is 9.68. The molecule has 12 atom stereocenters. The summed E-state index contributed by atoms with van der Waals surface area (Å²) < 4.78 is 13.2. The van der Waals surface area contributed by atoms with E-state index < -0.39 is 150 Å². The number of amides is 10. The van der Waals surface area contributed by atoms with Crippen LogP contribution in [0.4, 0.5) is 0 Å². The summed E-state index contributed by atoms with van der Waals surface area (Å²) in [5.74, 6) is -9.09. The van der Waals surface area contributed by atoms with Gasteiger partial charge in [-0.3, -0.25) is 58.1 Å². The van der Waals surface area contributed by atoms with Crippen molar-refractivity contribution in [3.63, 3.8) is 0 Å². The second kappa shape index (κ2) is 32.2. The van der Waals surface area contributed by atoms with Gasteiger partial charge in [0, 0.05) is 39.4 Å². The molecule has 31 heteroatoms. The zero-order chi connectivity index (χ0) is 67.8. The Labute approximate surface area is 536 Å². The van der Waals surface area contributed by atoms with Gasteiger partial charge in [0.25, 0.3) is 0 Å². The Morgan fingerprint density at radius 1 is 0.817 bits per heavy atom. The maximum Gasteiger partial charge on any atom is 0.305 e. The van der Waals surface area contributed by atoms with Crippen molar-refractivity contribution in [2.75, 3.05) is 26.7 Å². The molecule has 6 bridgehead atoms. The number of nitrogens with two attached hydrogens (primary N) is 2. The summed E-state index contributed by atoms with van der Waals surface area (Å²) in [5, 5.41) is 61.1. The van der Waals surface area contributed by atoms with Crippen LogP contribution < -0.4 is 58.7 Å². The molecule has 0 saturated carbocycles. The van der Waals surface area contributed by atoms with Gasteiger partial charge in [0.05, 0.1) is 63.7 Å². The minimum atomic E-state index is -1.79. The van der Waals surface area contributed by atoms with Crippen LogP contribution in [0.2, 0.25) is 0 Å². The monoisotopic (exact) mass is 1290 g/mol. The highest BCUT2D eigenvalue weighted by atomic mass is 16.5. The highest BCUT2D eigenvalue weighted by Gasteiger charge is 2.49. The zero-order valence-corrected chi connectivity index (χ0v) is 52.6. The molecule has 3 aliphatic rings. The van der Waals surface area contributed by atoms with Crippen LogP contribution in [0.1, 0.15) is 93.8 Å². The van der Waals surface area contributed by atoms with Gasteiger partial charge in [0.1, 0.15) is 59.5 Å². The van der Waals surface area contributed by atoms with Crippen molar-refractivity contribution < 1.29 is 77.5 Å². The van der Waals surface area contributed by atoms with Crippen molar-refractivity contribution in [1.29, 1.82) is 0 Å². The number of aromatic nitrogens is 3. The number of carbonyl (C=O) groups is 11. The molecule has 3 aromatic carbocycles. The highest BCUT2D eigenvalue weighted by Crippen LogP contribution is 2.31. The van der Waals surface area contributed by atoms with Crippen LogP contribution >= 0.6 is 0 Å². The molecule has 0 radical (unpaired) electrons. The third kappa shape index (κ3) is 19.1. The standard InChI is InChI=1S/C62H83N15O16/c1-33(67-57(87)46(27-50(81)82)68-36(4)79)54(84)66-34(2)55(85)69-45-26-40-9-7-10-41(23-40)30-75-31-42(73-74-75)32-93-48-19-22-76(49(80)29-65-56(45)86)52(48)59(89)72-51(35(3)78)58(88)70-47(25-38-15-17-43(92-6)18-16-38)60(90)77-21-8-20-62(77,5)61(91)71-44(53(64)83)24-37-11-13-39(28-63)14-12-37/h7,9-18,23,31,33-35,44-48,51-52,55,69,78,85H,8,19-22,24-30,32,63H2,1-6H3,(H2,64,83)(H,65,86)(H,66,84)(H,67,87)(H,68,79)(H,70,88)(H,71,91)(H,72,89)(H,81,82)/t33-,34+,35-,44-,45?,46-,47-,48-,51-,52-,55?,62-/m0/s1. The van der Waals surface area contributed by atoms with Gasteiger partial charge in [-0.1, -0.05) is 65.9 Å². The van der Waals surface area contributed by atoms with Crippen molar-refractivity contribution in [2.24, 2.45) is 11.5 Å². The van der Waals surface area contributed by atoms with E-state index in [0.717, 1.165) is 23.0 Å². The number of ether oxygens (including phenoxy) is 2. The van der Waals surface area contributed by atoms with E-state index in [0.29, 0.717) is 41.1 Å². The molecule has 0 aliphatic carbocycles. The number of benzene rings is 3. The number of aliphatic carboxylic acids is 1. The van der Waals surface area contributed by atoms with Gasteiger partial charge < -0.3 is 83.3 Å². The fourth-order valence-electron chi connectivity index (χ4n) is 11.3. The van der Waals surface area contributed by atoms with Crippen molar-refractivity contribution >= 4 is 65.0 Å². The van der Waals surface area contributed by atoms with Gasteiger partial charge in [0.2, 0.25) is 59.1 Å². The van der Waals surface area contributed by atoms with Crippen LogP contribution in [0.5, 0.6) is 5.75 Å². The number of carboxylic acids is 1. The zero-order valence-electron chi connectivity index (χ0n) is 52.6. The lowest BCUT2D eigenvalue weighted by Gasteiger charge is -2.37. The molecule has 15 N–H and O–H groups in total. The Bertz CT molecular complexity index is 3350. The fourth-order valence-corrected chi connectivity index (χ4v) is 11.3. The smallest absolute Gasteiger partial charge is 0.305 e. The Hall–Kier alpha value is -9.43. The lowest BCUT2D eigenvalue weighted by atomic mass is 9.94. The molecule has 0 spiro atoms. The van der Waals surface area contributed by atoms with Gasteiger partial charge in [-0.05, 0) is 93.3 Å². The highest BCUT2D eigenvalue weighted by molar-refractivity contribution is 5.99. The predicted octanol–water partition coefficient (Wildman–Crippen LogP) is -3.60. The first kappa shape index (κ1) is 71.0.